The number of nitrogens with two attached hydrogens (primary N) is 1. The number of halogens is 1. The van der Waals surface area contributed by atoms with E-state index in [0.717, 1.165) is 41.9 Å². The Balaban J connectivity index is 0.00000261. The van der Waals surface area contributed by atoms with Crippen molar-refractivity contribution in [1.29, 1.82) is 0 Å². The van der Waals surface area contributed by atoms with Crippen LogP contribution < -0.4 is 25.4 Å². The molecule has 0 bridgehead atoms. The number of nitrogens with zero attached hydrogens (tertiary/aromatic N) is 1. The minimum absolute atomic E-state index is 0. The summed E-state index contributed by atoms with van der Waals surface area (Å²) in [4.78, 5) is 14.5. The molecular formula is C20H26ClN3O3. The fourth-order valence-electron chi connectivity index (χ4n) is 3.31. The van der Waals surface area contributed by atoms with Crippen molar-refractivity contribution >= 4 is 29.7 Å². The molecule has 1 aliphatic heterocycles. The number of benzene rings is 2. The number of rotatable bonds is 6. The van der Waals surface area contributed by atoms with Crippen molar-refractivity contribution in [3.05, 3.63) is 47.5 Å². The Hall–Kier alpha value is -2.60. The van der Waals surface area contributed by atoms with Crippen LogP contribution in [-0.4, -0.2) is 33.2 Å². The number of methoxy groups -OCH3 is 2. The van der Waals surface area contributed by atoms with Gasteiger partial charge in [0.25, 0.3) is 0 Å². The maximum atomic E-state index is 12.4. The van der Waals surface area contributed by atoms with Crippen LogP contribution in [0, 0.1) is 0 Å². The molecule has 3 rings (SSSR count). The largest absolute Gasteiger partial charge is 0.493 e. The van der Waals surface area contributed by atoms with Gasteiger partial charge < -0.3 is 25.4 Å². The zero-order valence-electron chi connectivity index (χ0n) is 15.7. The first-order chi connectivity index (χ1) is 12.6. The Morgan fingerprint density at radius 1 is 1.19 bits per heavy atom. The Bertz CT molecular complexity index is 798. The van der Waals surface area contributed by atoms with E-state index in [1.54, 1.807) is 14.2 Å². The standard InChI is InChI=1S/C20H25N3O3.ClH/c1-25-18-9-8-14(11-19(18)26-2)12-22-20(24)13-23-10-4-5-15-16(21)6-3-7-17(15)23;/h3,6-9,11H,4-5,10,12-13,21H2,1-2H3,(H,22,24);1H. The predicted molar refractivity (Wildman–Crippen MR) is 110 cm³/mol. The van der Waals surface area contributed by atoms with Crippen LogP contribution in [0.2, 0.25) is 0 Å². The van der Waals surface area contributed by atoms with E-state index in [0.29, 0.717) is 24.6 Å². The Morgan fingerprint density at radius 3 is 2.70 bits per heavy atom. The summed E-state index contributed by atoms with van der Waals surface area (Å²) < 4.78 is 10.5. The van der Waals surface area contributed by atoms with E-state index < -0.39 is 0 Å². The average Bonchev–Trinajstić information content (AvgIpc) is 2.67. The van der Waals surface area contributed by atoms with Gasteiger partial charge in [-0.3, -0.25) is 4.79 Å². The van der Waals surface area contributed by atoms with Gasteiger partial charge in [-0.2, -0.15) is 0 Å². The second-order valence-corrected chi connectivity index (χ2v) is 6.34. The van der Waals surface area contributed by atoms with E-state index in [9.17, 15) is 4.79 Å². The molecule has 3 N–H and O–H groups in total. The van der Waals surface area contributed by atoms with Gasteiger partial charge in [0.1, 0.15) is 0 Å². The maximum absolute atomic E-state index is 12.4. The van der Waals surface area contributed by atoms with Gasteiger partial charge >= 0.3 is 0 Å². The van der Waals surface area contributed by atoms with Gasteiger partial charge in [0, 0.05) is 24.5 Å². The van der Waals surface area contributed by atoms with Crippen molar-refractivity contribution in [1.82, 2.24) is 5.32 Å². The summed E-state index contributed by atoms with van der Waals surface area (Å²) in [7, 11) is 3.20. The number of carbonyl (C=O) groups excluding carboxylic acids is 1. The number of hydrogen-bond acceptors (Lipinski definition) is 5. The molecule has 0 aromatic heterocycles. The molecule has 1 aliphatic rings. The first kappa shape index (κ1) is 20.7. The highest BCUT2D eigenvalue weighted by molar-refractivity contribution is 5.85. The number of carbonyl (C=O) groups is 1. The lowest BCUT2D eigenvalue weighted by Gasteiger charge is -2.31. The highest BCUT2D eigenvalue weighted by atomic mass is 35.5. The summed E-state index contributed by atoms with van der Waals surface area (Å²) in [6.45, 7) is 1.63. The highest BCUT2D eigenvalue weighted by Crippen LogP contribution is 2.31. The van der Waals surface area contributed by atoms with Gasteiger partial charge in [0.05, 0.1) is 20.8 Å². The normalized spacial score (nSPS) is 12.6. The lowest BCUT2D eigenvalue weighted by atomic mass is 10.00. The molecule has 0 fully saturated rings. The van der Waals surface area contributed by atoms with E-state index in [-0.39, 0.29) is 18.3 Å². The van der Waals surface area contributed by atoms with Crippen LogP contribution in [0.5, 0.6) is 11.5 Å². The van der Waals surface area contributed by atoms with Crippen molar-refractivity contribution in [3.8, 4) is 11.5 Å². The lowest BCUT2D eigenvalue weighted by molar-refractivity contribution is -0.119. The monoisotopic (exact) mass is 391 g/mol. The molecule has 146 valence electrons. The van der Waals surface area contributed by atoms with Crippen LogP contribution >= 0.6 is 12.4 Å². The van der Waals surface area contributed by atoms with Gasteiger partial charge in [-0.05, 0) is 48.2 Å². The highest BCUT2D eigenvalue weighted by Gasteiger charge is 2.20. The third-order valence-electron chi connectivity index (χ3n) is 4.66. The van der Waals surface area contributed by atoms with Crippen LogP contribution in [0.4, 0.5) is 11.4 Å². The van der Waals surface area contributed by atoms with Crippen molar-refractivity contribution in [2.75, 3.05) is 37.9 Å². The molecule has 0 atom stereocenters. The second-order valence-electron chi connectivity index (χ2n) is 6.34. The van der Waals surface area contributed by atoms with Gasteiger partial charge in [-0.1, -0.05) is 12.1 Å². The molecule has 7 heteroatoms. The second kappa shape index (κ2) is 9.37. The lowest BCUT2D eigenvalue weighted by Crippen LogP contribution is -2.39. The molecule has 0 spiro atoms. The minimum atomic E-state index is -0.0185. The molecule has 0 saturated carbocycles. The summed E-state index contributed by atoms with van der Waals surface area (Å²) in [6, 6.07) is 11.5. The predicted octanol–water partition coefficient (Wildman–Crippen LogP) is 2.78. The van der Waals surface area contributed by atoms with Gasteiger partial charge in [-0.15, -0.1) is 12.4 Å². The summed E-state index contributed by atoms with van der Waals surface area (Å²) in [5, 5.41) is 2.97. The van der Waals surface area contributed by atoms with Crippen molar-refractivity contribution in [2.24, 2.45) is 0 Å². The summed E-state index contributed by atoms with van der Waals surface area (Å²) >= 11 is 0. The molecule has 0 aliphatic carbocycles. The molecular weight excluding hydrogens is 366 g/mol. The summed E-state index contributed by atoms with van der Waals surface area (Å²) in [5.74, 6) is 1.31. The van der Waals surface area contributed by atoms with Crippen LogP contribution in [-0.2, 0) is 17.8 Å². The molecule has 27 heavy (non-hydrogen) atoms. The Morgan fingerprint density at radius 2 is 1.96 bits per heavy atom. The van der Waals surface area contributed by atoms with Crippen LogP contribution in [0.25, 0.3) is 0 Å². The van der Waals surface area contributed by atoms with Crippen molar-refractivity contribution in [2.45, 2.75) is 19.4 Å². The van der Waals surface area contributed by atoms with Gasteiger partial charge in [-0.25, -0.2) is 0 Å². The van der Waals surface area contributed by atoms with Crippen molar-refractivity contribution in [3.63, 3.8) is 0 Å². The molecule has 0 saturated heterocycles. The quantitative estimate of drug-likeness (QED) is 0.740. The molecule has 0 radical (unpaired) electrons. The zero-order chi connectivity index (χ0) is 18.5. The number of ether oxygens (including phenoxy) is 2. The third kappa shape index (κ3) is 4.77. The zero-order valence-corrected chi connectivity index (χ0v) is 16.5. The van der Waals surface area contributed by atoms with E-state index >= 15 is 0 Å². The molecule has 1 heterocycles. The SMILES string of the molecule is COc1ccc(CNC(=O)CN2CCCc3c(N)cccc32)cc1OC.Cl. The third-order valence-corrected chi connectivity index (χ3v) is 4.66. The molecule has 6 nitrogen and oxygen atoms in total. The average molecular weight is 392 g/mol. The maximum Gasteiger partial charge on any atom is 0.239 e. The van der Waals surface area contributed by atoms with Crippen molar-refractivity contribution < 1.29 is 14.3 Å². The molecule has 0 unspecified atom stereocenters. The number of anilines is 2. The molecule has 1 amide bonds. The minimum Gasteiger partial charge on any atom is -0.493 e. The van der Waals surface area contributed by atoms with E-state index in [1.165, 1.54) is 0 Å². The Labute approximate surface area is 166 Å². The van der Waals surface area contributed by atoms with E-state index in [1.807, 2.05) is 36.4 Å². The number of fused-ring (bicyclic) bond motifs is 1. The fraction of sp³-hybridized carbons (Fsp3) is 0.350. The number of nitrogen functional groups attached to an aromatic ring is 1. The van der Waals surface area contributed by atoms with Gasteiger partial charge in [0.2, 0.25) is 5.91 Å². The fourth-order valence-corrected chi connectivity index (χ4v) is 3.31. The van der Waals surface area contributed by atoms with E-state index in [4.69, 9.17) is 15.2 Å². The number of hydrogen-bond donors (Lipinski definition) is 2. The smallest absolute Gasteiger partial charge is 0.239 e. The van der Waals surface area contributed by atoms with Crippen LogP contribution in [0.1, 0.15) is 17.5 Å². The van der Waals surface area contributed by atoms with Crippen LogP contribution in [0.15, 0.2) is 36.4 Å². The Kier molecular flexibility index (Phi) is 7.19. The summed E-state index contributed by atoms with van der Waals surface area (Å²) in [5.41, 5.74) is 10.0. The molecule has 2 aromatic rings. The number of nitrogens with one attached hydrogen (secondary N) is 1. The first-order valence-corrected chi connectivity index (χ1v) is 8.72. The molecule has 2 aromatic carbocycles. The van der Waals surface area contributed by atoms with Crippen LogP contribution in [0.3, 0.4) is 0 Å². The summed E-state index contributed by atoms with van der Waals surface area (Å²) in [6.07, 6.45) is 1.97. The first-order valence-electron chi connectivity index (χ1n) is 8.72. The topological polar surface area (TPSA) is 76.8 Å². The van der Waals surface area contributed by atoms with E-state index in [2.05, 4.69) is 10.2 Å². The van der Waals surface area contributed by atoms with Gasteiger partial charge in [0.15, 0.2) is 11.5 Å². The number of amides is 1.